The van der Waals surface area contributed by atoms with Crippen LogP contribution in [0.2, 0.25) is 0 Å². The Balaban J connectivity index is 1.80. The third kappa shape index (κ3) is 4.97. The number of hydrogen-bond acceptors (Lipinski definition) is 4. The molecule has 1 N–H and O–H groups in total. The average molecular weight is 417 g/mol. The van der Waals surface area contributed by atoms with Gasteiger partial charge in [-0.25, -0.2) is 8.42 Å². The smallest absolute Gasteiger partial charge is 0.243 e. The molecule has 1 aliphatic carbocycles. The number of fused-ring (bicyclic) bond motifs is 1. The zero-order valence-electron chi connectivity index (χ0n) is 17.0. The molecule has 0 aliphatic heterocycles. The van der Waals surface area contributed by atoms with Crippen LogP contribution in [0.5, 0.6) is 5.75 Å². The molecule has 0 unspecified atom stereocenters. The second-order valence-electron chi connectivity index (χ2n) is 7.22. The second kappa shape index (κ2) is 9.41. The lowest BCUT2D eigenvalue weighted by molar-refractivity contribution is -0.116. The van der Waals surface area contributed by atoms with Gasteiger partial charge in [-0.3, -0.25) is 4.79 Å². The molecule has 0 saturated carbocycles. The molecule has 7 heteroatoms. The maximum Gasteiger partial charge on any atom is 0.243 e. The number of nitrogens with one attached hydrogen (secondary N) is 1. The number of para-hydroxylation sites is 2. The van der Waals surface area contributed by atoms with Crippen molar-refractivity contribution >= 4 is 21.6 Å². The molecular weight excluding hydrogens is 388 g/mol. The van der Waals surface area contributed by atoms with Crippen LogP contribution in [0.15, 0.2) is 47.4 Å². The molecule has 0 atom stereocenters. The average Bonchev–Trinajstić information content (AvgIpc) is 2.73. The van der Waals surface area contributed by atoms with Crippen LogP contribution in [-0.2, 0) is 27.7 Å². The molecule has 29 heavy (non-hydrogen) atoms. The zero-order valence-corrected chi connectivity index (χ0v) is 17.8. The predicted octanol–water partition coefficient (Wildman–Crippen LogP) is 3.61. The number of nitrogens with zero attached hydrogens (tertiary/aromatic N) is 1. The maximum atomic E-state index is 13.2. The van der Waals surface area contributed by atoms with Gasteiger partial charge in [-0.05, 0) is 67.5 Å². The second-order valence-corrected chi connectivity index (χ2v) is 9.16. The van der Waals surface area contributed by atoms with E-state index < -0.39 is 15.9 Å². The number of amides is 1. The van der Waals surface area contributed by atoms with Gasteiger partial charge < -0.3 is 10.1 Å². The number of anilines is 1. The van der Waals surface area contributed by atoms with Crippen molar-refractivity contribution in [2.75, 3.05) is 25.5 Å². The summed E-state index contributed by atoms with van der Waals surface area (Å²) in [5, 5.41) is 2.75. The number of carbonyl (C=O) groups is 1. The van der Waals surface area contributed by atoms with Crippen LogP contribution in [0.3, 0.4) is 0 Å². The van der Waals surface area contributed by atoms with Gasteiger partial charge in [0.05, 0.1) is 24.2 Å². The van der Waals surface area contributed by atoms with E-state index in [0.29, 0.717) is 17.9 Å². The van der Waals surface area contributed by atoms with Gasteiger partial charge in [-0.15, -0.1) is 0 Å². The summed E-state index contributed by atoms with van der Waals surface area (Å²) in [6, 6.07) is 12.4. The Morgan fingerprint density at radius 2 is 1.83 bits per heavy atom. The van der Waals surface area contributed by atoms with E-state index in [0.717, 1.165) is 31.2 Å². The minimum absolute atomic E-state index is 0.245. The van der Waals surface area contributed by atoms with E-state index in [-0.39, 0.29) is 18.0 Å². The standard InChI is InChI=1S/C22H28N2O4S/c1-3-14-24(16-22(25)23-20-10-6-7-11-21(20)28-2)29(26,27)19-13-12-17-8-4-5-9-18(17)15-19/h6-7,10-13,15H,3-5,8-9,14,16H2,1-2H3,(H,23,25). The minimum atomic E-state index is -3.76. The summed E-state index contributed by atoms with van der Waals surface area (Å²) >= 11 is 0. The lowest BCUT2D eigenvalue weighted by Gasteiger charge is -2.23. The third-order valence-corrected chi connectivity index (χ3v) is 6.97. The highest BCUT2D eigenvalue weighted by Gasteiger charge is 2.27. The van der Waals surface area contributed by atoms with Crippen LogP contribution in [0.25, 0.3) is 0 Å². The van der Waals surface area contributed by atoms with E-state index in [2.05, 4.69) is 5.32 Å². The van der Waals surface area contributed by atoms with Crippen molar-refractivity contribution in [3.05, 3.63) is 53.6 Å². The highest BCUT2D eigenvalue weighted by molar-refractivity contribution is 7.89. The highest BCUT2D eigenvalue weighted by Crippen LogP contribution is 2.26. The van der Waals surface area contributed by atoms with Crippen molar-refractivity contribution < 1.29 is 17.9 Å². The van der Waals surface area contributed by atoms with Crippen molar-refractivity contribution in [1.82, 2.24) is 4.31 Å². The molecule has 6 nitrogen and oxygen atoms in total. The number of aryl methyl sites for hydroxylation is 2. The van der Waals surface area contributed by atoms with Gasteiger partial charge in [0.2, 0.25) is 15.9 Å². The van der Waals surface area contributed by atoms with E-state index >= 15 is 0 Å². The van der Waals surface area contributed by atoms with E-state index in [1.807, 2.05) is 13.0 Å². The Morgan fingerprint density at radius 3 is 2.55 bits per heavy atom. The van der Waals surface area contributed by atoms with Crippen LogP contribution < -0.4 is 10.1 Å². The molecule has 3 rings (SSSR count). The molecule has 1 aliphatic rings. The van der Waals surface area contributed by atoms with Crippen LogP contribution in [0.4, 0.5) is 5.69 Å². The molecule has 1 amide bonds. The minimum Gasteiger partial charge on any atom is -0.495 e. The summed E-state index contributed by atoms with van der Waals surface area (Å²) in [7, 11) is -2.24. The number of ether oxygens (including phenoxy) is 1. The van der Waals surface area contributed by atoms with Crippen LogP contribution in [-0.4, -0.2) is 38.8 Å². The summed E-state index contributed by atoms with van der Waals surface area (Å²) in [5.41, 5.74) is 2.85. The summed E-state index contributed by atoms with van der Waals surface area (Å²) in [4.78, 5) is 12.9. The number of carbonyl (C=O) groups excluding carboxylic acids is 1. The summed E-state index contributed by atoms with van der Waals surface area (Å²) in [5.74, 6) is 0.130. The van der Waals surface area contributed by atoms with Crippen LogP contribution in [0.1, 0.15) is 37.3 Å². The van der Waals surface area contributed by atoms with Gasteiger partial charge in [0.25, 0.3) is 0 Å². The first kappa shape index (κ1) is 21.3. The summed E-state index contributed by atoms with van der Waals surface area (Å²) < 4.78 is 33.0. The Hall–Kier alpha value is -2.38. The van der Waals surface area contributed by atoms with E-state index in [1.165, 1.54) is 17.0 Å². The van der Waals surface area contributed by atoms with Gasteiger partial charge in [-0.2, -0.15) is 4.31 Å². The summed E-state index contributed by atoms with van der Waals surface area (Å²) in [6.07, 6.45) is 4.74. The molecule has 0 saturated heterocycles. The number of sulfonamides is 1. The summed E-state index contributed by atoms with van der Waals surface area (Å²) in [6.45, 7) is 1.93. The molecule has 0 fully saturated rings. The molecule has 0 bridgehead atoms. The normalized spacial score (nSPS) is 13.8. The Bertz CT molecular complexity index is 973. The Morgan fingerprint density at radius 1 is 1.10 bits per heavy atom. The molecule has 0 heterocycles. The largest absolute Gasteiger partial charge is 0.495 e. The fraction of sp³-hybridized carbons (Fsp3) is 0.409. The third-order valence-electron chi connectivity index (χ3n) is 5.13. The number of rotatable bonds is 8. The van der Waals surface area contributed by atoms with E-state index in [4.69, 9.17) is 4.74 Å². The van der Waals surface area contributed by atoms with Crippen molar-refractivity contribution in [2.24, 2.45) is 0 Å². The number of hydrogen-bond donors (Lipinski definition) is 1. The molecule has 0 radical (unpaired) electrons. The number of methoxy groups -OCH3 is 1. The fourth-order valence-corrected chi connectivity index (χ4v) is 5.19. The van der Waals surface area contributed by atoms with Crippen molar-refractivity contribution in [2.45, 2.75) is 43.9 Å². The van der Waals surface area contributed by atoms with Gasteiger partial charge in [-0.1, -0.05) is 25.1 Å². The Labute approximate surface area is 172 Å². The van der Waals surface area contributed by atoms with Gasteiger partial charge in [0.15, 0.2) is 0 Å². The maximum absolute atomic E-state index is 13.2. The van der Waals surface area contributed by atoms with Gasteiger partial charge >= 0.3 is 0 Å². The highest BCUT2D eigenvalue weighted by atomic mass is 32.2. The monoisotopic (exact) mass is 416 g/mol. The van der Waals surface area contributed by atoms with Crippen molar-refractivity contribution in [3.63, 3.8) is 0 Å². The molecule has 2 aromatic rings. The van der Waals surface area contributed by atoms with E-state index in [1.54, 1.807) is 36.4 Å². The lowest BCUT2D eigenvalue weighted by atomic mass is 9.92. The molecule has 2 aromatic carbocycles. The predicted molar refractivity (Wildman–Crippen MR) is 114 cm³/mol. The first-order valence-corrected chi connectivity index (χ1v) is 11.4. The Kier molecular flexibility index (Phi) is 6.92. The van der Waals surface area contributed by atoms with Crippen molar-refractivity contribution in [1.29, 1.82) is 0 Å². The quantitative estimate of drug-likeness (QED) is 0.713. The fourth-order valence-electron chi connectivity index (χ4n) is 3.65. The van der Waals surface area contributed by atoms with Gasteiger partial charge in [0, 0.05) is 6.54 Å². The SMILES string of the molecule is CCCN(CC(=O)Nc1ccccc1OC)S(=O)(=O)c1ccc2c(c1)CCCC2. The lowest BCUT2D eigenvalue weighted by Crippen LogP contribution is -2.38. The molecule has 156 valence electrons. The topological polar surface area (TPSA) is 75.7 Å². The molecule has 0 spiro atoms. The number of benzene rings is 2. The zero-order chi connectivity index (χ0) is 20.9. The molecule has 0 aromatic heterocycles. The van der Waals surface area contributed by atoms with Crippen LogP contribution >= 0.6 is 0 Å². The van der Waals surface area contributed by atoms with E-state index in [9.17, 15) is 13.2 Å². The first-order chi connectivity index (χ1) is 14.0. The first-order valence-electron chi connectivity index (χ1n) is 10.0. The van der Waals surface area contributed by atoms with Crippen LogP contribution in [0, 0.1) is 0 Å². The van der Waals surface area contributed by atoms with Crippen molar-refractivity contribution in [3.8, 4) is 5.75 Å². The molecular formula is C22H28N2O4S. The van der Waals surface area contributed by atoms with Gasteiger partial charge in [0.1, 0.15) is 5.75 Å².